The molecule has 1 aromatic rings. The van der Waals surface area contributed by atoms with Crippen molar-refractivity contribution in [2.75, 3.05) is 7.11 Å². The van der Waals surface area contributed by atoms with E-state index < -0.39 is 0 Å². The van der Waals surface area contributed by atoms with Crippen LogP contribution in [0.5, 0.6) is 5.75 Å². The third-order valence-electron chi connectivity index (χ3n) is 2.09. The van der Waals surface area contributed by atoms with E-state index in [4.69, 9.17) is 4.74 Å². The summed E-state index contributed by atoms with van der Waals surface area (Å²) >= 11 is 0. The molecule has 1 aromatic carbocycles. The van der Waals surface area contributed by atoms with E-state index in [9.17, 15) is 0 Å². The third kappa shape index (κ3) is 1.79. The van der Waals surface area contributed by atoms with Gasteiger partial charge in [0.25, 0.3) is 0 Å². The number of rotatable bonds is 3. The molecule has 1 heteroatoms. The Labute approximate surface area is 74.4 Å². The van der Waals surface area contributed by atoms with Crippen LogP contribution in [0.15, 0.2) is 12.1 Å². The summed E-state index contributed by atoms with van der Waals surface area (Å²) in [5, 5.41) is 0. The van der Waals surface area contributed by atoms with Crippen LogP contribution in [-0.4, -0.2) is 7.11 Å². The molecule has 0 N–H and O–H groups in total. The van der Waals surface area contributed by atoms with E-state index in [0.717, 1.165) is 18.6 Å². The highest BCUT2D eigenvalue weighted by atomic mass is 16.5. The highest BCUT2D eigenvalue weighted by Gasteiger charge is 2.00. The SMILES string of the molecule is CCc1c[c]c(OC)cc1CC. The van der Waals surface area contributed by atoms with Gasteiger partial charge < -0.3 is 4.74 Å². The summed E-state index contributed by atoms with van der Waals surface area (Å²) in [5.41, 5.74) is 2.74. The van der Waals surface area contributed by atoms with Gasteiger partial charge in [-0.2, -0.15) is 0 Å². The molecule has 0 bridgehead atoms. The van der Waals surface area contributed by atoms with Crippen molar-refractivity contribution in [2.24, 2.45) is 0 Å². The molecule has 12 heavy (non-hydrogen) atoms. The lowest BCUT2D eigenvalue weighted by atomic mass is 10.0. The van der Waals surface area contributed by atoms with Crippen LogP contribution in [0.1, 0.15) is 25.0 Å². The van der Waals surface area contributed by atoms with Gasteiger partial charge in [0.05, 0.1) is 7.11 Å². The zero-order valence-corrected chi connectivity index (χ0v) is 7.98. The second-order valence-corrected chi connectivity index (χ2v) is 2.76. The number of ether oxygens (including phenoxy) is 1. The first-order valence-electron chi connectivity index (χ1n) is 4.39. The van der Waals surface area contributed by atoms with Gasteiger partial charge in [-0.25, -0.2) is 0 Å². The molecule has 0 fully saturated rings. The molecule has 0 unspecified atom stereocenters. The summed E-state index contributed by atoms with van der Waals surface area (Å²) in [7, 11) is 1.68. The van der Waals surface area contributed by atoms with Gasteiger partial charge in [-0.05, 0) is 36.1 Å². The first-order valence-corrected chi connectivity index (χ1v) is 4.39. The van der Waals surface area contributed by atoms with Gasteiger partial charge in [-0.15, -0.1) is 0 Å². The smallest absolute Gasteiger partial charge is 0.127 e. The minimum Gasteiger partial charge on any atom is -0.496 e. The standard InChI is InChI=1S/C11H15O/c1-4-9-6-7-11(12-3)8-10(9)5-2/h6,8H,4-5H2,1-3H3. The Bertz CT molecular complexity index is 253. The van der Waals surface area contributed by atoms with Crippen LogP contribution >= 0.6 is 0 Å². The van der Waals surface area contributed by atoms with E-state index >= 15 is 0 Å². The number of hydrogen-bond acceptors (Lipinski definition) is 1. The van der Waals surface area contributed by atoms with Crippen LogP contribution in [-0.2, 0) is 12.8 Å². The second kappa shape index (κ2) is 4.15. The molecular weight excluding hydrogens is 148 g/mol. The highest BCUT2D eigenvalue weighted by molar-refractivity contribution is 5.34. The van der Waals surface area contributed by atoms with Crippen molar-refractivity contribution in [3.63, 3.8) is 0 Å². The maximum Gasteiger partial charge on any atom is 0.127 e. The Morgan fingerprint density at radius 2 is 1.92 bits per heavy atom. The predicted molar refractivity (Wildman–Crippen MR) is 50.6 cm³/mol. The summed E-state index contributed by atoms with van der Waals surface area (Å²) in [6, 6.07) is 7.18. The van der Waals surface area contributed by atoms with Gasteiger partial charge >= 0.3 is 0 Å². The van der Waals surface area contributed by atoms with Crippen molar-refractivity contribution in [1.29, 1.82) is 0 Å². The van der Waals surface area contributed by atoms with E-state index in [1.54, 1.807) is 7.11 Å². The van der Waals surface area contributed by atoms with Crippen molar-refractivity contribution in [3.8, 4) is 5.75 Å². The summed E-state index contributed by atoms with van der Waals surface area (Å²) < 4.78 is 5.10. The maximum absolute atomic E-state index is 5.10. The molecular formula is C11H15O. The van der Waals surface area contributed by atoms with E-state index in [1.165, 1.54) is 11.1 Å². The van der Waals surface area contributed by atoms with Gasteiger partial charge in [0.15, 0.2) is 0 Å². The molecule has 0 saturated carbocycles. The Morgan fingerprint density at radius 1 is 1.25 bits per heavy atom. The second-order valence-electron chi connectivity index (χ2n) is 2.76. The van der Waals surface area contributed by atoms with Crippen molar-refractivity contribution in [2.45, 2.75) is 26.7 Å². The van der Waals surface area contributed by atoms with Gasteiger partial charge in [0.2, 0.25) is 0 Å². The lowest BCUT2D eigenvalue weighted by Gasteiger charge is -2.06. The van der Waals surface area contributed by atoms with Gasteiger partial charge in [0, 0.05) is 6.07 Å². The van der Waals surface area contributed by atoms with E-state index in [-0.39, 0.29) is 0 Å². The molecule has 0 amide bonds. The number of aryl methyl sites for hydroxylation is 2. The summed E-state index contributed by atoms with van der Waals surface area (Å²) in [4.78, 5) is 0. The third-order valence-corrected chi connectivity index (χ3v) is 2.09. The molecule has 0 spiro atoms. The van der Waals surface area contributed by atoms with Crippen LogP contribution < -0.4 is 4.74 Å². The summed E-state index contributed by atoms with van der Waals surface area (Å²) in [5.74, 6) is 0.837. The van der Waals surface area contributed by atoms with Crippen LogP contribution in [0.2, 0.25) is 0 Å². The van der Waals surface area contributed by atoms with Crippen LogP contribution in [0, 0.1) is 6.07 Å². The van der Waals surface area contributed by atoms with Gasteiger partial charge in [0.1, 0.15) is 5.75 Å². The van der Waals surface area contributed by atoms with E-state index in [2.05, 4.69) is 26.0 Å². The minimum atomic E-state index is 0.837. The molecule has 1 nitrogen and oxygen atoms in total. The first-order chi connectivity index (χ1) is 5.81. The average Bonchev–Trinajstić information content (AvgIpc) is 2.16. The Morgan fingerprint density at radius 3 is 2.42 bits per heavy atom. The summed E-state index contributed by atoms with van der Waals surface area (Å²) in [6.45, 7) is 4.32. The van der Waals surface area contributed by atoms with E-state index in [1.807, 2.05) is 6.07 Å². The normalized spacial score (nSPS) is 9.92. The largest absolute Gasteiger partial charge is 0.496 e. The minimum absolute atomic E-state index is 0.837. The predicted octanol–water partition coefficient (Wildman–Crippen LogP) is 2.62. The van der Waals surface area contributed by atoms with Crippen LogP contribution in [0.3, 0.4) is 0 Å². The van der Waals surface area contributed by atoms with Crippen molar-refractivity contribution in [3.05, 3.63) is 29.3 Å². The topological polar surface area (TPSA) is 9.23 Å². The quantitative estimate of drug-likeness (QED) is 0.665. The molecule has 1 rings (SSSR count). The fourth-order valence-electron chi connectivity index (χ4n) is 1.32. The molecule has 65 valence electrons. The first kappa shape index (κ1) is 9.11. The van der Waals surface area contributed by atoms with Crippen molar-refractivity contribution >= 4 is 0 Å². The Kier molecular flexibility index (Phi) is 3.15. The Balaban J connectivity index is 3.02. The van der Waals surface area contributed by atoms with Crippen molar-refractivity contribution < 1.29 is 4.74 Å². The maximum atomic E-state index is 5.10. The van der Waals surface area contributed by atoms with Gasteiger partial charge in [-0.3, -0.25) is 0 Å². The average molecular weight is 163 g/mol. The molecule has 1 radical (unpaired) electrons. The molecule has 0 atom stereocenters. The molecule has 0 saturated heterocycles. The summed E-state index contributed by atoms with van der Waals surface area (Å²) in [6.07, 6.45) is 2.14. The molecule has 0 aliphatic rings. The molecule has 0 aliphatic carbocycles. The van der Waals surface area contributed by atoms with E-state index in [0.29, 0.717) is 0 Å². The lowest BCUT2D eigenvalue weighted by molar-refractivity contribution is 0.413. The molecule has 0 heterocycles. The van der Waals surface area contributed by atoms with Crippen LogP contribution in [0.25, 0.3) is 0 Å². The van der Waals surface area contributed by atoms with Crippen LogP contribution in [0.4, 0.5) is 0 Å². The fourth-order valence-corrected chi connectivity index (χ4v) is 1.32. The number of benzene rings is 1. The fraction of sp³-hybridized carbons (Fsp3) is 0.455. The Hall–Kier alpha value is -0.980. The molecule has 0 aliphatic heterocycles. The number of methoxy groups -OCH3 is 1. The zero-order chi connectivity index (χ0) is 8.97. The molecule has 0 aromatic heterocycles. The van der Waals surface area contributed by atoms with Crippen molar-refractivity contribution in [1.82, 2.24) is 0 Å². The lowest BCUT2D eigenvalue weighted by Crippen LogP contribution is -1.92. The monoisotopic (exact) mass is 163 g/mol. The van der Waals surface area contributed by atoms with Gasteiger partial charge in [-0.1, -0.05) is 13.8 Å². The highest BCUT2D eigenvalue weighted by Crippen LogP contribution is 2.17. The zero-order valence-electron chi connectivity index (χ0n) is 7.98. The number of hydrogen-bond donors (Lipinski definition) is 0.